The summed E-state index contributed by atoms with van der Waals surface area (Å²) in [7, 11) is 0. The Morgan fingerprint density at radius 1 is 1.26 bits per heavy atom. The lowest BCUT2D eigenvalue weighted by Gasteiger charge is -2.26. The van der Waals surface area contributed by atoms with E-state index in [4.69, 9.17) is 4.74 Å². The van der Waals surface area contributed by atoms with Crippen LogP contribution in [-0.4, -0.2) is 41.5 Å². The highest BCUT2D eigenvalue weighted by Crippen LogP contribution is 2.48. The molecule has 3 aliphatic rings. The largest absolute Gasteiger partial charge is 0.444 e. The summed E-state index contributed by atoms with van der Waals surface area (Å²) in [5, 5.41) is 3.82. The highest BCUT2D eigenvalue weighted by Gasteiger charge is 2.57. The van der Waals surface area contributed by atoms with Gasteiger partial charge in [-0.15, -0.1) is 11.8 Å². The second-order valence-corrected chi connectivity index (χ2v) is 8.87. The molecule has 1 saturated carbocycles. The Morgan fingerprint density at radius 2 is 1.96 bits per heavy atom. The van der Waals surface area contributed by atoms with Gasteiger partial charge in [-0.1, -0.05) is 18.2 Å². The van der Waals surface area contributed by atoms with Gasteiger partial charge in [-0.3, -0.25) is 0 Å². The number of likely N-dealkylation sites (tertiary alicyclic amines) is 1. The molecule has 3 unspecified atom stereocenters. The van der Waals surface area contributed by atoms with E-state index < -0.39 is 5.60 Å². The van der Waals surface area contributed by atoms with Crippen LogP contribution < -0.4 is 5.32 Å². The number of ether oxygens (including phenoxy) is 1. The molecule has 0 spiro atoms. The summed E-state index contributed by atoms with van der Waals surface area (Å²) in [5.74, 6) is 2.31. The van der Waals surface area contributed by atoms with Crippen molar-refractivity contribution in [1.82, 2.24) is 10.2 Å². The maximum absolute atomic E-state index is 12.1. The van der Waals surface area contributed by atoms with E-state index in [9.17, 15) is 4.79 Å². The zero-order valence-electron chi connectivity index (χ0n) is 13.9. The van der Waals surface area contributed by atoms with Crippen molar-refractivity contribution >= 4 is 17.9 Å². The number of benzene rings is 1. The lowest BCUT2D eigenvalue weighted by Crippen LogP contribution is -2.39. The summed E-state index contributed by atoms with van der Waals surface area (Å²) in [6.45, 7) is 7.42. The molecule has 1 aromatic rings. The number of nitrogens with one attached hydrogen (secondary N) is 1. The van der Waals surface area contributed by atoms with Crippen molar-refractivity contribution in [2.75, 3.05) is 18.8 Å². The van der Waals surface area contributed by atoms with Gasteiger partial charge in [-0.2, -0.15) is 0 Å². The van der Waals surface area contributed by atoms with Crippen molar-refractivity contribution in [2.45, 2.75) is 43.4 Å². The molecule has 1 saturated heterocycles. The van der Waals surface area contributed by atoms with Gasteiger partial charge >= 0.3 is 6.09 Å². The van der Waals surface area contributed by atoms with Crippen LogP contribution in [0, 0.1) is 11.8 Å². The highest BCUT2D eigenvalue weighted by molar-refractivity contribution is 7.99. The van der Waals surface area contributed by atoms with Gasteiger partial charge in [0.1, 0.15) is 5.60 Å². The average Bonchev–Trinajstić information content (AvgIpc) is 2.87. The Labute approximate surface area is 142 Å². The Hall–Kier alpha value is -1.20. The van der Waals surface area contributed by atoms with Gasteiger partial charge in [-0.05, 0) is 44.2 Å². The predicted molar refractivity (Wildman–Crippen MR) is 91.6 cm³/mol. The average molecular weight is 332 g/mol. The molecular formula is C18H24N2O2S. The molecule has 2 fully saturated rings. The highest BCUT2D eigenvalue weighted by atomic mass is 32.2. The minimum Gasteiger partial charge on any atom is -0.444 e. The summed E-state index contributed by atoms with van der Waals surface area (Å²) in [4.78, 5) is 15.4. The monoisotopic (exact) mass is 332 g/mol. The molecule has 3 atom stereocenters. The van der Waals surface area contributed by atoms with Crippen molar-refractivity contribution in [3.05, 3.63) is 29.8 Å². The number of hydrogen-bond donors (Lipinski definition) is 1. The molecule has 1 amide bonds. The fraction of sp³-hybridized carbons (Fsp3) is 0.611. The van der Waals surface area contributed by atoms with Gasteiger partial charge in [0.05, 0.1) is 0 Å². The second kappa shape index (κ2) is 5.42. The SMILES string of the molecule is CC(C)(C)OC(=O)N1CC2C(C1)C2NC1CSc2ccccc21. The van der Waals surface area contributed by atoms with Crippen LogP contribution in [0.15, 0.2) is 29.2 Å². The molecule has 23 heavy (non-hydrogen) atoms. The summed E-state index contributed by atoms with van der Waals surface area (Å²) in [6.07, 6.45) is -0.162. The smallest absolute Gasteiger partial charge is 0.410 e. The summed E-state index contributed by atoms with van der Waals surface area (Å²) in [5.41, 5.74) is 1.03. The van der Waals surface area contributed by atoms with Crippen LogP contribution in [0.25, 0.3) is 0 Å². The Bertz CT molecular complexity index is 616. The molecule has 5 heteroatoms. The van der Waals surface area contributed by atoms with Crippen molar-refractivity contribution in [3.63, 3.8) is 0 Å². The number of thioether (sulfide) groups is 1. The molecule has 0 bridgehead atoms. The van der Waals surface area contributed by atoms with Crippen LogP contribution in [0.3, 0.4) is 0 Å². The zero-order valence-corrected chi connectivity index (χ0v) is 14.7. The van der Waals surface area contributed by atoms with Gasteiger partial charge in [0.25, 0.3) is 0 Å². The van der Waals surface area contributed by atoms with E-state index in [0.29, 0.717) is 23.9 Å². The number of rotatable bonds is 2. The van der Waals surface area contributed by atoms with E-state index >= 15 is 0 Å². The van der Waals surface area contributed by atoms with E-state index in [2.05, 4.69) is 29.6 Å². The third-order valence-corrected chi connectivity index (χ3v) is 6.12. The topological polar surface area (TPSA) is 41.6 Å². The van der Waals surface area contributed by atoms with Crippen LogP contribution in [0.5, 0.6) is 0 Å². The Balaban J connectivity index is 1.31. The molecule has 1 N–H and O–H groups in total. The van der Waals surface area contributed by atoms with Crippen molar-refractivity contribution < 1.29 is 9.53 Å². The Kier molecular flexibility index (Phi) is 3.61. The van der Waals surface area contributed by atoms with Gasteiger partial charge < -0.3 is 15.0 Å². The molecule has 1 aliphatic carbocycles. The lowest BCUT2D eigenvalue weighted by molar-refractivity contribution is 0.0269. The van der Waals surface area contributed by atoms with Crippen LogP contribution >= 0.6 is 11.8 Å². The Morgan fingerprint density at radius 3 is 2.65 bits per heavy atom. The molecule has 0 radical (unpaired) electrons. The molecule has 2 heterocycles. The van der Waals surface area contributed by atoms with E-state index in [-0.39, 0.29) is 6.09 Å². The van der Waals surface area contributed by atoms with Crippen molar-refractivity contribution in [3.8, 4) is 0 Å². The number of amides is 1. The van der Waals surface area contributed by atoms with Gasteiger partial charge in [0.15, 0.2) is 0 Å². The van der Waals surface area contributed by atoms with Crippen LogP contribution in [0.2, 0.25) is 0 Å². The first-order valence-electron chi connectivity index (χ1n) is 8.38. The van der Waals surface area contributed by atoms with Gasteiger partial charge in [0, 0.05) is 35.8 Å². The fourth-order valence-corrected chi connectivity index (χ4v) is 4.96. The van der Waals surface area contributed by atoms with E-state index in [0.717, 1.165) is 18.8 Å². The lowest BCUT2D eigenvalue weighted by atomic mass is 10.1. The van der Waals surface area contributed by atoms with E-state index in [1.165, 1.54) is 10.5 Å². The molecule has 0 aromatic heterocycles. The number of nitrogens with zero attached hydrogens (tertiary/aromatic N) is 1. The number of carbonyl (C=O) groups is 1. The number of carbonyl (C=O) groups excluding carboxylic acids is 1. The molecule has 124 valence electrons. The third-order valence-electron chi connectivity index (χ3n) is 4.94. The van der Waals surface area contributed by atoms with Crippen molar-refractivity contribution in [2.24, 2.45) is 11.8 Å². The van der Waals surface area contributed by atoms with Gasteiger partial charge in [-0.25, -0.2) is 4.79 Å². The predicted octanol–water partition coefficient (Wildman–Crippen LogP) is 3.29. The maximum Gasteiger partial charge on any atom is 0.410 e. The van der Waals surface area contributed by atoms with Crippen LogP contribution in [-0.2, 0) is 4.74 Å². The van der Waals surface area contributed by atoms with Crippen molar-refractivity contribution in [1.29, 1.82) is 0 Å². The fourth-order valence-electron chi connectivity index (χ4n) is 3.78. The molecular weight excluding hydrogens is 308 g/mol. The second-order valence-electron chi connectivity index (χ2n) is 7.81. The maximum atomic E-state index is 12.1. The first-order valence-corrected chi connectivity index (χ1v) is 9.36. The normalized spacial score (nSPS) is 31.7. The molecule has 2 aliphatic heterocycles. The molecule has 1 aromatic carbocycles. The number of fused-ring (bicyclic) bond motifs is 2. The molecule has 4 nitrogen and oxygen atoms in total. The zero-order chi connectivity index (χ0) is 16.2. The quantitative estimate of drug-likeness (QED) is 0.902. The summed E-state index contributed by atoms with van der Waals surface area (Å²) in [6, 6.07) is 9.70. The van der Waals surface area contributed by atoms with Gasteiger partial charge in [0.2, 0.25) is 0 Å². The van der Waals surface area contributed by atoms with E-state index in [1.807, 2.05) is 37.4 Å². The van der Waals surface area contributed by atoms with Crippen LogP contribution in [0.1, 0.15) is 32.4 Å². The summed E-state index contributed by atoms with van der Waals surface area (Å²) < 4.78 is 5.47. The number of hydrogen-bond acceptors (Lipinski definition) is 4. The van der Waals surface area contributed by atoms with Crippen LogP contribution in [0.4, 0.5) is 4.79 Å². The first-order chi connectivity index (χ1) is 10.9. The third kappa shape index (κ3) is 2.96. The minimum absolute atomic E-state index is 0.162. The number of piperidine rings is 1. The minimum atomic E-state index is -0.410. The first kappa shape index (κ1) is 15.3. The summed E-state index contributed by atoms with van der Waals surface area (Å²) >= 11 is 1.94. The standard InChI is InChI=1S/C18H24N2O2S/c1-18(2,3)22-17(21)20-8-12-13(9-20)16(12)19-14-10-23-15-7-5-4-6-11(14)15/h4-7,12-14,16,19H,8-10H2,1-3H3. The van der Waals surface area contributed by atoms with E-state index in [1.54, 1.807) is 0 Å². The molecule has 4 rings (SSSR count).